The van der Waals surface area contributed by atoms with E-state index in [1.165, 1.54) is 0 Å². The van der Waals surface area contributed by atoms with Gasteiger partial charge in [0.15, 0.2) is 0 Å². The van der Waals surface area contributed by atoms with E-state index in [9.17, 15) is 5.11 Å². The molecule has 0 spiro atoms. The number of rotatable bonds is 6. The molecule has 0 radical (unpaired) electrons. The fourth-order valence-corrected chi connectivity index (χ4v) is 1.78. The Morgan fingerprint density at radius 3 is 2.59 bits per heavy atom. The summed E-state index contributed by atoms with van der Waals surface area (Å²) in [5.74, 6) is 1.19. The first-order chi connectivity index (χ1) is 8.04. The number of methoxy groups -OCH3 is 1. The van der Waals surface area contributed by atoms with Gasteiger partial charge < -0.3 is 15.2 Å². The lowest BCUT2D eigenvalue weighted by molar-refractivity contribution is 0.173. The predicted molar refractivity (Wildman–Crippen MR) is 70.7 cm³/mol. The molecule has 0 heterocycles. The minimum Gasteiger partial charge on any atom is -0.495 e. The van der Waals surface area contributed by atoms with E-state index < -0.39 is 6.10 Å². The molecule has 0 saturated carbocycles. The maximum absolute atomic E-state index is 9.96. The number of aliphatic hydroxyl groups is 1. The molecule has 0 amide bonds. The maximum Gasteiger partial charge on any atom is 0.137 e. The van der Waals surface area contributed by atoms with Gasteiger partial charge in [-0.2, -0.15) is 0 Å². The van der Waals surface area contributed by atoms with Crippen LogP contribution in [0.2, 0.25) is 5.02 Å². The predicted octanol–water partition coefficient (Wildman–Crippen LogP) is 2.63. The number of halogens is 1. The van der Waals surface area contributed by atoms with Gasteiger partial charge in [-0.05, 0) is 30.2 Å². The molecule has 0 aromatic heterocycles. The zero-order valence-corrected chi connectivity index (χ0v) is 11.3. The highest BCUT2D eigenvalue weighted by Crippen LogP contribution is 2.27. The first-order valence-corrected chi connectivity index (χ1v) is 6.14. The average Bonchev–Trinajstić information content (AvgIpc) is 2.28. The third-order valence-corrected chi connectivity index (χ3v) is 2.75. The second kappa shape index (κ2) is 6.84. The van der Waals surface area contributed by atoms with Gasteiger partial charge in [0, 0.05) is 6.54 Å². The van der Waals surface area contributed by atoms with Crippen LogP contribution in [0, 0.1) is 5.92 Å². The molecule has 3 nitrogen and oxygen atoms in total. The highest BCUT2D eigenvalue weighted by molar-refractivity contribution is 6.32. The van der Waals surface area contributed by atoms with E-state index in [1.54, 1.807) is 19.2 Å². The van der Waals surface area contributed by atoms with Crippen molar-refractivity contribution in [2.75, 3.05) is 20.2 Å². The highest BCUT2D eigenvalue weighted by atomic mass is 35.5. The fourth-order valence-electron chi connectivity index (χ4n) is 1.52. The molecule has 1 aromatic rings. The Kier molecular flexibility index (Phi) is 5.75. The van der Waals surface area contributed by atoms with Gasteiger partial charge in [0.05, 0.1) is 18.2 Å². The van der Waals surface area contributed by atoms with E-state index in [4.69, 9.17) is 16.3 Å². The summed E-state index contributed by atoms with van der Waals surface area (Å²) in [6.45, 7) is 5.68. The minimum atomic E-state index is -0.544. The molecular formula is C13H20ClNO2. The molecule has 0 aliphatic carbocycles. The van der Waals surface area contributed by atoms with Crippen LogP contribution >= 0.6 is 11.6 Å². The van der Waals surface area contributed by atoms with Crippen LogP contribution in [0.3, 0.4) is 0 Å². The zero-order valence-electron chi connectivity index (χ0n) is 10.5. The minimum absolute atomic E-state index is 0.521. The summed E-state index contributed by atoms with van der Waals surface area (Å²) in [5.41, 5.74) is 0.798. The van der Waals surface area contributed by atoms with Gasteiger partial charge in [0.1, 0.15) is 5.75 Å². The summed E-state index contributed by atoms with van der Waals surface area (Å²) in [7, 11) is 1.57. The summed E-state index contributed by atoms with van der Waals surface area (Å²) in [6.07, 6.45) is -0.544. The van der Waals surface area contributed by atoms with Gasteiger partial charge in [-0.1, -0.05) is 31.5 Å². The van der Waals surface area contributed by atoms with Crippen molar-refractivity contribution in [1.29, 1.82) is 0 Å². The third-order valence-electron chi connectivity index (χ3n) is 2.45. The molecule has 0 aliphatic heterocycles. The van der Waals surface area contributed by atoms with Gasteiger partial charge in [-0.25, -0.2) is 0 Å². The van der Waals surface area contributed by atoms with Crippen molar-refractivity contribution >= 4 is 11.6 Å². The lowest BCUT2D eigenvalue weighted by Crippen LogP contribution is -2.25. The first kappa shape index (κ1) is 14.3. The van der Waals surface area contributed by atoms with Crippen LogP contribution < -0.4 is 10.1 Å². The highest BCUT2D eigenvalue weighted by Gasteiger charge is 2.10. The number of hydrogen-bond donors (Lipinski definition) is 2. The first-order valence-electron chi connectivity index (χ1n) is 5.76. The Labute approximate surface area is 108 Å². The SMILES string of the molecule is COc1ccc(C(O)CNCC(C)C)cc1Cl. The Morgan fingerprint density at radius 2 is 2.06 bits per heavy atom. The Hall–Kier alpha value is -0.770. The van der Waals surface area contributed by atoms with Gasteiger partial charge in [-0.3, -0.25) is 0 Å². The van der Waals surface area contributed by atoms with Crippen molar-refractivity contribution in [2.45, 2.75) is 20.0 Å². The number of benzene rings is 1. The number of nitrogens with one attached hydrogen (secondary N) is 1. The number of hydrogen-bond acceptors (Lipinski definition) is 3. The zero-order chi connectivity index (χ0) is 12.8. The van der Waals surface area contributed by atoms with Crippen molar-refractivity contribution in [2.24, 2.45) is 5.92 Å². The molecule has 0 bridgehead atoms. The third kappa shape index (κ3) is 4.54. The van der Waals surface area contributed by atoms with Gasteiger partial charge in [0.25, 0.3) is 0 Å². The Bertz CT molecular complexity index is 355. The molecule has 1 unspecified atom stereocenters. The van der Waals surface area contributed by atoms with E-state index in [1.807, 2.05) is 6.07 Å². The lowest BCUT2D eigenvalue weighted by Gasteiger charge is -2.14. The average molecular weight is 258 g/mol. The Balaban J connectivity index is 2.57. The van der Waals surface area contributed by atoms with Gasteiger partial charge in [0.2, 0.25) is 0 Å². The van der Waals surface area contributed by atoms with Crippen LogP contribution in [0.15, 0.2) is 18.2 Å². The molecule has 0 aliphatic rings. The number of aliphatic hydroxyl groups excluding tert-OH is 1. The number of ether oxygens (including phenoxy) is 1. The summed E-state index contributed by atoms with van der Waals surface area (Å²) in [4.78, 5) is 0. The van der Waals surface area contributed by atoms with Crippen molar-refractivity contribution in [3.8, 4) is 5.75 Å². The van der Waals surface area contributed by atoms with Crippen molar-refractivity contribution in [1.82, 2.24) is 5.32 Å². The van der Waals surface area contributed by atoms with Gasteiger partial charge >= 0.3 is 0 Å². The molecule has 0 saturated heterocycles. The van der Waals surface area contributed by atoms with Crippen LogP contribution in [0.1, 0.15) is 25.5 Å². The largest absolute Gasteiger partial charge is 0.495 e. The van der Waals surface area contributed by atoms with E-state index in [0.717, 1.165) is 12.1 Å². The molecule has 4 heteroatoms. The molecule has 1 atom stereocenters. The van der Waals surface area contributed by atoms with Crippen LogP contribution in [-0.2, 0) is 0 Å². The van der Waals surface area contributed by atoms with Crippen molar-refractivity contribution < 1.29 is 9.84 Å². The molecule has 0 fully saturated rings. The van der Waals surface area contributed by atoms with E-state index >= 15 is 0 Å². The van der Waals surface area contributed by atoms with Crippen LogP contribution in [0.5, 0.6) is 5.75 Å². The van der Waals surface area contributed by atoms with E-state index in [-0.39, 0.29) is 0 Å². The second-order valence-electron chi connectivity index (χ2n) is 4.46. The molecule has 2 N–H and O–H groups in total. The molecule has 1 aromatic carbocycles. The molecular weight excluding hydrogens is 238 g/mol. The standard InChI is InChI=1S/C13H20ClNO2/c1-9(2)7-15-8-12(16)10-4-5-13(17-3)11(14)6-10/h4-6,9,12,15-16H,7-8H2,1-3H3. The normalized spacial score (nSPS) is 12.8. The van der Waals surface area contributed by atoms with Crippen molar-refractivity contribution in [3.63, 3.8) is 0 Å². The maximum atomic E-state index is 9.96. The summed E-state index contributed by atoms with van der Waals surface area (Å²) >= 11 is 6.00. The van der Waals surface area contributed by atoms with Crippen LogP contribution in [0.25, 0.3) is 0 Å². The second-order valence-corrected chi connectivity index (χ2v) is 4.87. The summed E-state index contributed by atoms with van der Waals surface area (Å²) in [6, 6.07) is 5.33. The van der Waals surface area contributed by atoms with Crippen LogP contribution in [0.4, 0.5) is 0 Å². The van der Waals surface area contributed by atoms with Gasteiger partial charge in [-0.15, -0.1) is 0 Å². The Morgan fingerprint density at radius 1 is 1.35 bits per heavy atom. The summed E-state index contributed by atoms with van der Waals surface area (Å²) in [5, 5.41) is 13.7. The van der Waals surface area contributed by atoms with E-state index in [0.29, 0.717) is 23.2 Å². The molecule has 96 valence electrons. The topological polar surface area (TPSA) is 41.5 Å². The molecule has 17 heavy (non-hydrogen) atoms. The monoisotopic (exact) mass is 257 g/mol. The van der Waals surface area contributed by atoms with E-state index in [2.05, 4.69) is 19.2 Å². The smallest absolute Gasteiger partial charge is 0.137 e. The quantitative estimate of drug-likeness (QED) is 0.823. The lowest BCUT2D eigenvalue weighted by atomic mass is 10.1. The van der Waals surface area contributed by atoms with Crippen molar-refractivity contribution in [3.05, 3.63) is 28.8 Å². The fraction of sp³-hybridized carbons (Fsp3) is 0.538. The van der Waals surface area contributed by atoms with Crippen LogP contribution in [-0.4, -0.2) is 25.3 Å². The summed E-state index contributed by atoms with van der Waals surface area (Å²) < 4.78 is 5.06. The molecule has 1 rings (SSSR count).